The molecule has 0 aliphatic heterocycles. The lowest BCUT2D eigenvalue weighted by atomic mass is 10.1. The van der Waals surface area contributed by atoms with Crippen molar-refractivity contribution in [1.29, 1.82) is 0 Å². The summed E-state index contributed by atoms with van der Waals surface area (Å²) in [5, 5.41) is 0. The van der Waals surface area contributed by atoms with Crippen LogP contribution in [-0.4, -0.2) is 37.1 Å². The fraction of sp³-hybridized carbons (Fsp3) is 0.500. The lowest BCUT2D eigenvalue weighted by Crippen LogP contribution is -2.40. The van der Waals surface area contributed by atoms with Gasteiger partial charge in [-0.15, -0.1) is 0 Å². The van der Waals surface area contributed by atoms with Gasteiger partial charge in [-0.3, -0.25) is 4.79 Å². The molecule has 1 aromatic carbocycles. The molecule has 0 saturated heterocycles. The highest BCUT2D eigenvalue weighted by Crippen LogP contribution is 2.11. The Balaban J connectivity index is 2.83. The first-order valence-corrected chi connectivity index (χ1v) is 6.15. The number of hydrogen-bond donors (Lipinski definition) is 0. The minimum Gasteiger partial charge on any atom is -0.383 e. The van der Waals surface area contributed by atoms with Gasteiger partial charge in [-0.2, -0.15) is 0 Å². The van der Waals surface area contributed by atoms with E-state index in [1.165, 1.54) is 24.3 Å². The molecule has 1 rings (SSSR count). The predicted octanol–water partition coefficient (Wildman–Crippen LogP) is 2.71. The maximum Gasteiger partial charge on any atom is 0.254 e. The minimum absolute atomic E-state index is 0.0820. The summed E-state index contributed by atoms with van der Waals surface area (Å²) in [6, 6.07) is 5.77. The van der Waals surface area contributed by atoms with Crippen molar-refractivity contribution in [3.05, 3.63) is 35.6 Å². The first-order chi connectivity index (χ1) is 8.60. The molecule has 0 radical (unpaired) electrons. The molecule has 0 aromatic heterocycles. The number of hydrogen-bond acceptors (Lipinski definition) is 2. The molecule has 1 atom stereocenters. The van der Waals surface area contributed by atoms with Crippen molar-refractivity contribution in [3.8, 4) is 0 Å². The summed E-state index contributed by atoms with van der Waals surface area (Å²) < 4.78 is 17.9. The van der Waals surface area contributed by atoms with Crippen LogP contribution in [0.2, 0.25) is 0 Å². The fourth-order valence-corrected chi connectivity index (χ4v) is 1.69. The Morgan fingerprint density at radius 2 is 2.00 bits per heavy atom. The van der Waals surface area contributed by atoms with Gasteiger partial charge < -0.3 is 9.64 Å². The Labute approximate surface area is 108 Å². The van der Waals surface area contributed by atoms with Crippen LogP contribution in [0, 0.1) is 5.82 Å². The van der Waals surface area contributed by atoms with E-state index >= 15 is 0 Å². The highest BCUT2D eigenvalue weighted by atomic mass is 19.1. The van der Waals surface area contributed by atoms with Crippen molar-refractivity contribution in [3.63, 3.8) is 0 Å². The van der Waals surface area contributed by atoms with E-state index in [9.17, 15) is 9.18 Å². The van der Waals surface area contributed by atoms with Crippen LogP contribution in [0.15, 0.2) is 24.3 Å². The van der Waals surface area contributed by atoms with Crippen LogP contribution < -0.4 is 0 Å². The van der Waals surface area contributed by atoms with Gasteiger partial charge in [-0.25, -0.2) is 4.39 Å². The van der Waals surface area contributed by atoms with Crippen LogP contribution in [0.5, 0.6) is 0 Å². The lowest BCUT2D eigenvalue weighted by Gasteiger charge is -2.28. The molecule has 4 heteroatoms. The van der Waals surface area contributed by atoms with Crippen molar-refractivity contribution >= 4 is 5.91 Å². The quantitative estimate of drug-likeness (QED) is 0.780. The van der Waals surface area contributed by atoms with Crippen LogP contribution in [0.3, 0.4) is 0 Å². The molecule has 1 amide bonds. The molecule has 0 aliphatic carbocycles. The molecule has 0 spiro atoms. The van der Waals surface area contributed by atoms with Crippen LogP contribution >= 0.6 is 0 Å². The minimum atomic E-state index is -0.335. The summed E-state index contributed by atoms with van der Waals surface area (Å²) in [4.78, 5) is 14.1. The van der Waals surface area contributed by atoms with Crippen LogP contribution in [-0.2, 0) is 4.74 Å². The summed E-state index contributed by atoms with van der Waals surface area (Å²) >= 11 is 0. The van der Waals surface area contributed by atoms with Crippen molar-refractivity contribution in [2.24, 2.45) is 0 Å². The molecular formula is C14H20FNO2. The number of ether oxygens (including phenoxy) is 1. The first kappa shape index (κ1) is 14.6. The van der Waals surface area contributed by atoms with Crippen molar-refractivity contribution in [2.45, 2.75) is 26.3 Å². The van der Waals surface area contributed by atoms with E-state index in [2.05, 4.69) is 0 Å². The SMILES string of the molecule is CCC(C)N(CCOC)C(=O)c1ccc(F)cc1. The van der Waals surface area contributed by atoms with Crippen molar-refractivity contribution < 1.29 is 13.9 Å². The number of halogens is 1. The van der Waals surface area contributed by atoms with E-state index in [0.717, 1.165) is 6.42 Å². The summed E-state index contributed by atoms with van der Waals surface area (Å²) in [5.74, 6) is -0.417. The van der Waals surface area contributed by atoms with Crippen LogP contribution in [0.1, 0.15) is 30.6 Å². The Morgan fingerprint density at radius 1 is 1.39 bits per heavy atom. The number of amides is 1. The largest absolute Gasteiger partial charge is 0.383 e. The molecule has 100 valence electrons. The summed E-state index contributed by atoms with van der Waals surface area (Å²) in [5.41, 5.74) is 0.507. The first-order valence-electron chi connectivity index (χ1n) is 6.15. The molecule has 0 heterocycles. The summed E-state index contributed by atoms with van der Waals surface area (Å²) in [6.07, 6.45) is 0.872. The third-order valence-electron chi connectivity index (χ3n) is 3.01. The molecule has 0 N–H and O–H groups in total. The summed E-state index contributed by atoms with van der Waals surface area (Å²) in [7, 11) is 1.61. The topological polar surface area (TPSA) is 29.5 Å². The number of carbonyl (C=O) groups is 1. The Kier molecular flexibility index (Phi) is 5.78. The van der Waals surface area contributed by atoms with E-state index in [1.54, 1.807) is 12.0 Å². The molecule has 0 saturated carbocycles. The maximum atomic E-state index is 12.8. The average molecular weight is 253 g/mol. The molecule has 0 bridgehead atoms. The fourth-order valence-electron chi connectivity index (χ4n) is 1.69. The molecule has 0 aliphatic rings. The van der Waals surface area contributed by atoms with Gasteiger partial charge in [0.1, 0.15) is 5.82 Å². The van der Waals surface area contributed by atoms with Crippen molar-refractivity contribution in [2.75, 3.05) is 20.3 Å². The van der Waals surface area contributed by atoms with E-state index in [0.29, 0.717) is 18.7 Å². The van der Waals surface area contributed by atoms with E-state index in [1.807, 2.05) is 13.8 Å². The van der Waals surface area contributed by atoms with Gasteiger partial charge in [0.25, 0.3) is 5.91 Å². The highest BCUT2D eigenvalue weighted by molar-refractivity contribution is 5.94. The number of nitrogens with zero attached hydrogens (tertiary/aromatic N) is 1. The van der Waals surface area contributed by atoms with Gasteiger partial charge in [0, 0.05) is 25.3 Å². The zero-order chi connectivity index (χ0) is 13.5. The monoisotopic (exact) mass is 253 g/mol. The van der Waals surface area contributed by atoms with Gasteiger partial charge in [0.05, 0.1) is 6.61 Å². The van der Waals surface area contributed by atoms with Crippen molar-refractivity contribution in [1.82, 2.24) is 4.90 Å². The van der Waals surface area contributed by atoms with Gasteiger partial charge in [0.2, 0.25) is 0 Å². The lowest BCUT2D eigenvalue weighted by molar-refractivity contribution is 0.0614. The third-order valence-corrected chi connectivity index (χ3v) is 3.01. The Morgan fingerprint density at radius 3 is 2.50 bits per heavy atom. The van der Waals surface area contributed by atoms with Crippen LogP contribution in [0.25, 0.3) is 0 Å². The zero-order valence-corrected chi connectivity index (χ0v) is 11.1. The standard InChI is InChI=1S/C14H20FNO2/c1-4-11(2)16(9-10-18-3)14(17)12-5-7-13(15)8-6-12/h5-8,11H,4,9-10H2,1-3H3. The molecular weight excluding hydrogens is 233 g/mol. The predicted molar refractivity (Wildman–Crippen MR) is 69.1 cm³/mol. The van der Waals surface area contributed by atoms with Gasteiger partial charge in [-0.1, -0.05) is 6.92 Å². The molecule has 0 fully saturated rings. The Hall–Kier alpha value is -1.42. The molecule has 1 aromatic rings. The second-order valence-corrected chi connectivity index (χ2v) is 4.26. The molecule has 18 heavy (non-hydrogen) atoms. The second kappa shape index (κ2) is 7.11. The van der Waals surface area contributed by atoms with Crippen LogP contribution in [0.4, 0.5) is 4.39 Å². The van der Waals surface area contributed by atoms with E-state index in [4.69, 9.17) is 4.74 Å². The molecule has 3 nitrogen and oxygen atoms in total. The maximum absolute atomic E-state index is 12.8. The third kappa shape index (κ3) is 3.81. The number of methoxy groups -OCH3 is 1. The Bertz CT molecular complexity index is 378. The zero-order valence-electron chi connectivity index (χ0n) is 11.1. The number of benzene rings is 1. The smallest absolute Gasteiger partial charge is 0.254 e. The van der Waals surface area contributed by atoms with Gasteiger partial charge >= 0.3 is 0 Å². The van der Waals surface area contributed by atoms with Gasteiger partial charge in [-0.05, 0) is 37.6 Å². The number of carbonyl (C=O) groups excluding carboxylic acids is 1. The van der Waals surface area contributed by atoms with E-state index < -0.39 is 0 Å². The second-order valence-electron chi connectivity index (χ2n) is 4.26. The normalized spacial score (nSPS) is 12.2. The summed E-state index contributed by atoms with van der Waals surface area (Å²) in [6.45, 7) is 5.07. The average Bonchev–Trinajstić information content (AvgIpc) is 2.39. The van der Waals surface area contributed by atoms with E-state index in [-0.39, 0.29) is 17.8 Å². The van der Waals surface area contributed by atoms with Gasteiger partial charge in [0.15, 0.2) is 0 Å². The highest BCUT2D eigenvalue weighted by Gasteiger charge is 2.19. The molecule has 1 unspecified atom stereocenters. The number of rotatable bonds is 6.